The van der Waals surface area contributed by atoms with Crippen molar-refractivity contribution in [3.63, 3.8) is 0 Å². The SMILES string of the molecule is CCNC(=O)CN(C)Cc1ccc(C(=O)O)s1. The van der Waals surface area contributed by atoms with E-state index in [0.717, 1.165) is 4.88 Å². The Hall–Kier alpha value is -1.40. The first-order valence-corrected chi connectivity index (χ1v) is 6.11. The Bertz CT molecular complexity index is 403. The highest BCUT2D eigenvalue weighted by molar-refractivity contribution is 7.13. The van der Waals surface area contributed by atoms with E-state index in [4.69, 9.17) is 5.11 Å². The largest absolute Gasteiger partial charge is 0.477 e. The van der Waals surface area contributed by atoms with Gasteiger partial charge < -0.3 is 10.4 Å². The topological polar surface area (TPSA) is 69.6 Å². The van der Waals surface area contributed by atoms with Gasteiger partial charge >= 0.3 is 5.97 Å². The highest BCUT2D eigenvalue weighted by atomic mass is 32.1. The minimum atomic E-state index is -0.910. The van der Waals surface area contributed by atoms with Crippen LogP contribution >= 0.6 is 11.3 Å². The van der Waals surface area contributed by atoms with Gasteiger partial charge in [0, 0.05) is 18.0 Å². The Balaban J connectivity index is 2.47. The first kappa shape index (κ1) is 13.7. The number of carboxylic acids is 1. The summed E-state index contributed by atoms with van der Waals surface area (Å²) in [6, 6.07) is 3.37. The molecule has 1 aromatic heterocycles. The summed E-state index contributed by atoms with van der Waals surface area (Å²) >= 11 is 1.24. The van der Waals surface area contributed by atoms with Crippen LogP contribution in [-0.4, -0.2) is 42.0 Å². The van der Waals surface area contributed by atoms with Gasteiger partial charge in [0.05, 0.1) is 6.54 Å². The lowest BCUT2D eigenvalue weighted by molar-refractivity contribution is -0.121. The first-order valence-electron chi connectivity index (χ1n) is 5.30. The zero-order valence-electron chi connectivity index (χ0n) is 9.90. The van der Waals surface area contributed by atoms with Gasteiger partial charge in [-0.05, 0) is 26.1 Å². The number of carbonyl (C=O) groups is 2. The third-order valence-corrected chi connectivity index (χ3v) is 3.14. The summed E-state index contributed by atoms with van der Waals surface area (Å²) < 4.78 is 0. The maximum Gasteiger partial charge on any atom is 0.345 e. The minimum absolute atomic E-state index is 0.0231. The fourth-order valence-electron chi connectivity index (χ4n) is 1.40. The van der Waals surface area contributed by atoms with Crippen molar-refractivity contribution in [2.24, 2.45) is 0 Å². The Labute approximate surface area is 104 Å². The zero-order valence-corrected chi connectivity index (χ0v) is 10.7. The van der Waals surface area contributed by atoms with E-state index in [1.54, 1.807) is 12.1 Å². The van der Waals surface area contributed by atoms with Crippen LogP contribution in [0.15, 0.2) is 12.1 Å². The van der Waals surface area contributed by atoms with E-state index in [1.165, 1.54) is 11.3 Å². The van der Waals surface area contributed by atoms with Crippen molar-refractivity contribution in [2.75, 3.05) is 20.1 Å². The van der Waals surface area contributed by atoms with Gasteiger partial charge in [-0.25, -0.2) is 4.79 Å². The van der Waals surface area contributed by atoms with Gasteiger partial charge in [0.25, 0.3) is 0 Å². The van der Waals surface area contributed by atoms with Crippen molar-refractivity contribution in [2.45, 2.75) is 13.5 Å². The van der Waals surface area contributed by atoms with E-state index >= 15 is 0 Å². The number of rotatable bonds is 6. The molecule has 0 radical (unpaired) electrons. The molecule has 1 heterocycles. The fourth-order valence-corrected chi connectivity index (χ4v) is 2.32. The summed E-state index contributed by atoms with van der Waals surface area (Å²) in [6.45, 7) is 3.38. The molecule has 0 aliphatic rings. The number of carbonyl (C=O) groups excluding carboxylic acids is 1. The predicted molar refractivity (Wildman–Crippen MR) is 66.3 cm³/mol. The molecule has 0 atom stereocenters. The van der Waals surface area contributed by atoms with Crippen LogP contribution in [0.2, 0.25) is 0 Å². The van der Waals surface area contributed by atoms with Gasteiger partial charge in [0.15, 0.2) is 0 Å². The fraction of sp³-hybridized carbons (Fsp3) is 0.455. The molecule has 0 unspecified atom stereocenters. The highest BCUT2D eigenvalue weighted by Crippen LogP contribution is 2.17. The van der Waals surface area contributed by atoms with E-state index < -0.39 is 5.97 Å². The third kappa shape index (κ3) is 4.54. The lowest BCUT2D eigenvalue weighted by Crippen LogP contribution is -2.34. The van der Waals surface area contributed by atoms with E-state index in [0.29, 0.717) is 24.5 Å². The standard InChI is InChI=1S/C11H16N2O3S/c1-3-12-10(14)7-13(2)6-8-4-5-9(17-8)11(15)16/h4-5H,3,6-7H2,1-2H3,(H,12,14)(H,15,16). The molecule has 5 nitrogen and oxygen atoms in total. The van der Waals surface area contributed by atoms with Crippen LogP contribution in [0.25, 0.3) is 0 Å². The second-order valence-corrected chi connectivity index (χ2v) is 4.87. The van der Waals surface area contributed by atoms with E-state index in [-0.39, 0.29) is 5.91 Å². The Morgan fingerprint density at radius 3 is 2.71 bits per heavy atom. The summed E-state index contributed by atoms with van der Waals surface area (Å²) in [5.74, 6) is -0.933. The molecule has 1 rings (SSSR count). The summed E-state index contributed by atoms with van der Waals surface area (Å²) in [5.41, 5.74) is 0. The molecule has 0 aromatic carbocycles. The van der Waals surface area contributed by atoms with Crippen molar-refractivity contribution in [1.82, 2.24) is 10.2 Å². The number of aromatic carboxylic acids is 1. The van der Waals surface area contributed by atoms with E-state index in [9.17, 15) is 9.59 Å². The summed E-state index contributed by atoms with van der Waals surface area (Å²) in [5, 5.41) is 11.5. The van der Waals surface area contributed by atoms with Crippen molar-refractivity contribution in [3.05, 3.63) is 21.9 Å². The Kier molecular flexibility index (Phi) is 5.11. The van der Waals surface area contributed by atoms with Gasteiger partial charge in [0.2, 0.25) is 5.91 Å². The Morgan fingerprint density at radius 2 is 2.18 bits per heavy atom. The van der Waals surface area contributed by atoms with Crippen LogP contribution in [0.4, 0.5) is 0 Å². The average molecular weight is 256 g/mol. The summed E-state index contributed by atoms with van der Waals surface area (Å²) in [6.07, 6.45) is 0. The number of thiophene rings is 1. The van der Waals surface area contributed by atoms with E-state index in [2.05, 4.69) is 5.32 Å². The van der Waals surface area contributed by atoms with Crippen LogP contribution < -0.4 is 5.32 Å². The summed E-state index contributed by atoms with van der Waals surface area (Å²) in [4.78, 5) is 25.1. The second kappa shape index (κ2) is 6.36. The van der Waals surface area contributed by atoms with Crippen molar-refractivity contribution < 1.29 is 14.7 Å². The third-order valence-electron chi connectivity index (χ3n) is 2.09. The molecule has 94 valence electrons. The number of carboxylic acid groups (broad SMARTS) is 1. The first-order chi connectivity index (χ1) is 8.02. The normalized spacial score (nSPS) is 10.5. The van der Waals surface area contributed by atoms with Crippen LogP contribution in [-0.2, 0) is 11.3 Å². The van der Waals surface area contributed by atoms with Gasteiger partial charge in [-0.15, -0.1) is 11.3 Å². The van der Waals surface area contributed by atoms with Gasteiger partial charge in [0.1, 0.15) is 4.88 Å². The molecular weight excluding hydrogens is 240 g/mol. The van der Waals surface area contributed by atoms with Crippen molar-refractivity contribution in [1.29, 1.82) is 0 Å². The lowest BCUT2D eigenvalue weighted by Gasteiger charge is -2.14. The smallest absolute Gasteiger partial charge is 0.345 e. The molecule has 0 bridgehead atoms. The number of nitrogens with one attached hydrogen (secondary N) is 1. The molecule has 6 heteroatoms. The maximum atomic E-state index is 11.3. The number of nitrogens with zero attached hydrogens (tertiary/aromatic N) is 1. The molecular formula is C11H16N2O3S. The molecule has 0 spiro atoms. The van der Waals surface area contributed by atoms with E-state index in [1.807, 2.05) is 18.9 Å². The highest BCUT2D eigenvalue weighted by Gasteiger charge is 2.10. The molecule has 0 fully saturated rings. The molecule has 1 aromatic rings. The molecule has 17 heavy (non-hydrogen) atoms. The molecule has 0 aliphatic heterocycles. The number of amides is 1. The van der Waals surface area contributed by atoms with Crippen molar-refractivity contribution >= 4 is 23.2 Å². The lowest BCUT2D eigenvalue weighted by atomic mass is 10.4. The zero-order chi connectivity index (χ0) is 12.8. The molecule has 0 saturated carbocycles. The van der Waals surface area contributed by atoms with Crippen LogP contribution in [0.5, 0.6) is 0 Å². The van der Waals surface area contributed by atoms with Crippen LogP contribution in [0.1, 0.15) is 21.5 Å². The molecule has 2 N–H and O–H groups in total. The summed E-state index contributed by atoms with van der Waals surface area (Å²) in [7, 11) is 1.83. The minimum Gasteiger partial charge on any atom is -0.477 e. The Morgan fingerprint density at radius 1 is 1.47 bits per heavy atom. The van der Waals surface area contributed by atoms with Crippen molar-refractivity contribution in [3.8, 4) is 0 Å². The second-order valence-electron chi connectivity index (χ2n) is 3.70. The van der Waals surface area contributed by atoms with Gasteiger partial charge in [-0.3, -0.25) is 9.69 Å². The number of hydrogen-bond donors (Lipinski definition) is 2. The molecule has 0 saturated heterocycles. The van der Waals surface area contributed by atoms with Gasteiger partial charge in [-0.1, -0.05) is 0 Å². The molecule has 0 aliphatic carbocycles. The van der Waals surface area contributed by atoms with Crippen LogP contribution in [0, 0.1) is 0 Å². The average Bonchev–Trinajstić information content (AvgIpc) is 2.66. The maximum absolute atomic E-state index is 11.3. The predicted octanol–water partition coefficient (Wildman–Crippen LogP) is 1.01. The number of hydrogen-bond acceptors (Lipinski definition) is 4. The monoisotopic (exact) mass is 256 g/mol. The van der Waals surface area contributed by atoms with Gasteiger partial charge in [-0.2, -0.15) is 0 Å². The number of likely N-dealkylation sites (N-methyl/N-ethyl adjacent to an activating group) is 2. The quantitative estimate of drug-likeness (QED) is 0.797. The molecule has 1 amide bonds. The van der Waals surface area contributed by atoms with Crippen LogP contribution in [0.3, 0.4) is 0 Å².